The number of hydrogen-bond acceptors (Lipinski definition) is 5. The van der Waals surface area contributed by atoms with E-state index in [0.717, 1.165) is 5.56 Å². The van der Waals surface area contributed by atoms with E-state index in [1.165, 1.54) is 11.8 Å². The summed E-state index contributed by atoms with van der Waals surface area (Å²) in [5.41, 5.74) is 7.26. The number of nitrogens with zero attached hydrogens (tertiary/aromatic N) is 2. The number of ketones is 1. The van der Waals surface area contributed by atoms with Crippen molar-refractivity contribution in [3.8, 4) is 17.0 Å². The number of ether oxygens (including phenoxy) is 1. The Morgan fingerprint density at radius 3 is 2.43 bits per heavy atom. The van der Waals surface area contributed by atoms with Gasteiger partial charge in [0, 0.05) is 25.2 Å². The molecular weight excluding hydrogens is 384 g/mol. The highest BCUT2D eigenvalue weighted by molar-refractivity contribution is 6.38. The van der Waals surface area contributed by atoms with E-state index < -0.39 is 23.6 Å². The van der Waals surface area contributed by atoms with E-state index in [1.807, 2.05) is 30.3 Å². The lowest BCUT2D eigenvalue weighted by molar-refractivity contribution is -0.137. The standard InChI is InChI=1S/C22H22N4O4/c1-26-13-16(19(25-26)15-10-6-7-11-18(15)30-2)22(29)24-17(20(27)21(23)28)12-14-8-4-3-5-9-14/h3-11,13,17H,12H2,1-2H3,(H2,23,28)(H,24,29). The zero-order valence-electron chi connectivity index (χ0n) is 16.7. The van der Waals surface area contributed by atoms with Gasteiger partial charge < -0.3 is 15.8 Å². The monoisotopic (exact) mass is 406 g/mol. The number of rotatable bonds is 8. The molecule has 3 N–H and O–H groups in total. The van der Waals surface area contributed by atoms with Crippen LogP contribution in [0.15, 0.2) is 60.8 Å². The van der Waals surface area contributed by atoms with Gasteiger partial charge in [0.25, 0.3) is 11.8 Å². The molecule has 3 aromatic rings. The molecule has 8 heteroatoms. The van der Waals surface area contributed by atoms with Gasteiger partial charge in [0.15, 0.2) is 0 Å². The van der Waals surface area contributed by atoms with E-state index >= 15 is 0 Å². The van der Waals surface area contributed by atoms with E-state index in [1.54, 1.807) is 37.5 Å². The largest absolute Gasteiger partial charge is 0.496 e. The van der Waals surface area contributed by atoms with Gasteiger partial charge >= 0.3 is 0 Å². The van der Waals surface area contributed by atoms with Gasteiger partial charge in [-0.3, -0.25) is 19.1 Å². The van der Waals surface area contributed by atoms with Crippen molar-refractivity contribution in [1.82, 2.24) is 15.1 Å². The third-order valence-electron chi connectivity index (χ3n) is 4.58. The smallest absolute Gasteiger partial charge is 0.287 e. The van der Waals surface area contributed by atoms with Gasteiger partial charge in [0.1, 0.15) is 17.5 Å². The van der Waals surface area contributed by atoms with Crippen LogP contribution < -0.4 is 15.8 Å². The maximum Gasteiger partial charge on any atom is 0.287 e. The first-order valence-electron chi connectivity index (χ1n) is 9.26. The zero-order valence-corrected chi connectivity index (χ0v) is 16.7. The molecule has 0 saturated heterocycles. The Balaban J connectivity index is 1.93. The second-order valence-electron chi connectivity index (χ2n) is 6.71. The molecule has 2 amide bonds. The number of para-hydroxylation sites is 1. The van der Waals surface area contributed by atoms with Crippen molar-refractivity contribution in [3.05, 3.63) is 71.9 Å². The van der Waals surface area contributed by atoms with Crippen LogP contribution in [0.1, 0.15) is 15.9 Å². The molecule has 0 saturated carbocycles. The van der Waals surface area contributed by atoms with Crippen molar-refractivity contribution in [2.24, 2.45) is 12.8 Å². The number of primary amides is 1. The molecule has 0 aliphatic heterocycles. The van der Waals surface area contributed by atoms with Gasteiger partial charge in [-0.05, 0) is 17.7 Å². The number of aryl methyl sites for hydroxylation is 1. The number of nitrogens with one attached hydrogen (secondary N) is 1. The van der Waals surface area contributed by atoms with Crippen LogP contribution in [0.4, 0.5) is 0 Å². The fourth-order valence-corrected chi connectivity index (χ4v) is 3.16. The number of Topliss-reactive ketones (excluding diaryl/α,β-unsaturated/α-hetero) is 1. The average molecular weight is 406 g/mol. The van der Waals surface area contributed by atoms with E-state index in [2.05, 4.69) is 10.4 Å². The summed E-state index contributed by atoms with van der Waals surface area (Å²) in [6, 6.07) is 15.1. The maximum atomic E-state index is 13.1. The highest BCUT2D eigenvalue weighted by Crippen LogP contribution is 2.30. The second kappa shape index (κ2) is 9.04. The minimum absolute atomic E-state index is 0.138. The highest BCUT2D eigenvalue weighted by Gasteiger charge is 2.28. The maximum absolute atomic E-state index is 13.1. The summed E-state index contributed by atoms with van der Waals surface area (Å²) in [4.78, 5) is 36.9. The molecule has 154 valence electrons. The summed E-state index contributed by atoms with van der Waals surface area (Å²) in [5, 5.41) is 7.02. The summed E-state index contributed by atoms with van der Waals surface area (Å²) in [6.07, 6.45) is 1.68. The number of carbonyl (C=O) groups excluding carboxylic acids is 3. The second-order valence-corrected chi connectivity index (χ2v) is 6.71. The molecule has 0 aliphatic rings. The van der Waals surface area contributed by atoms with Gasteiger partial charge in [0.05, 0.1) is 12.7 Å². The van der Waals surface area contributed by atoms with Gasteiger partial charge in [-0.25, -0.2) is 0 Å². The molecule has 0 radical (unpaired) electrons. The van der Waals surface area contributed by atoms with E-state index in [4.69, 9.17) is 10.5 Å². The number of methoxy groups -OCH3 is 1. The van der Waals surface area contributed by atoms with Crippen LogP contribution in [0.5, 0.6) is 5.75 Å². The zero-order chi connectivity index (χ0) is 21.7. The first-order valence-corrected chi connectivity index (χ1v) is 9.26. The molecule has 0 fully saturated rings. The van der Waals surface area contributed by atoms with Crippen LogP contribution in [-0.2, 0) is 23.1 Å². The Morgan fingerprint density at radius 1 is 1.10 bits per heavy atom. The molecule has 3 rings (SSSR count). The number of aromatic nitrogens is 2. The molecule has 0 bridgehead atoms. The highest BCUT2D eigenvalue weighted by atomic mass is 16.5. The molecule has 1 unspecified atom stereocenters. The van der Waals surface area contributed by atoms with Crippen molar-refractivity contribution < 1.29 is 19.1 Å². The lowest BCUT2D eigenvalue weighted by atomic mass is 10.0. The van der Waals surface area contributed by atoms with E-state index in [9.17, 15) is 14.4 Å². The molecular formula is C22H22N4O4. The van der Waals surface area contributed by atoms with Crippen LogP contribution in [0.2, 0.25) is 0 Å². The van der Waals surface area contributed by atoms with E-state index in [-0.39, 0.29) is 12.0 Å². The molecule has 0 spiro atoms. The quantitative estimate of drug-likeness (QED) is 0.550. The molecule has 30 heavy (non-hydrogen) atoms. The summed E-state index contributed by atoms with van der Waals surface area (Å²) in [5.74, 6) is -1.96. The average Bonchev–Trinajstić information content (AvgIpc) is 3.15. The summed E-state index contributed by atoms with van der Waals surface area (Å²) in [6.45, 7) is 0. The Kier molecular flexibility index (Phi) is 6.26. The molecule has 1 atom stereocenters. The summed E-state index contributed by atoms with van der Waals surface area (Å²) >= 11 is 0. The molecule has 0 aliphatic carbocycles. The Morgan fingerprint density at radius 2 is 1.77 bits per heavy atom. The number of amides is 2. The first-order chi connectivity index (χ1) is 14.4. The van der Waals surface area contributed by atoms with Crippen molar-refractivity contribution in [2.75, 3.05) is 7.11 Å². The van der Waals surface area contributed by atoms with Crippen molar-refractivity contribution in [2.45, 2.75) is 12.5 Å². The van der Waals surface area contributed by atoms with Crippen LogP contribution in [-0.4, -0.2) is 40.5 Å². The number of hydrogen-bond donors (Lipinski definition) is 2. The van der Waals surface area contributed by atoms with Crippen molar-refractivity contribution in [3.63, 3.8) is 0 Å². The minimum atomic E-state index is -1.10. The third kappa shape index (κ3) is 4.54. The topological polar surface area (TPSA) is 116 Å². The molecule has 1 heterocycles. The Labute approximate surface area is 173 Å². The van der Waals surface area contributed by atoms with Crippen LogP contribution >= 0.6 is 0 Å². The number of nitrogens with two attached hydrogens (primary N) is 1. The van der Waals surface area contributed by atoms with Gasteiger partial charge in [-0.1, -0.05) is 42.5 Å². The van der Waals surface area contributed by atoms with Gasteiger partial charge in [-0.15, -0.1) is 0 Å². The summed E-state index contributed by atoms with van der Waals surface area (Å²) < 4.78 is 6.88. The molecule has 1 aromatic heterocycles. The SMILES string of the molecule is COc1ccccc1-c1nn(C)cc1C(=O)NC(Cc1ccccc1)C(=O)C(N)=O. The lowest BCUT2D eigenvalue weighted by Gasteiger charge is -2.16. The number of carbonyl (C=O) groups is 3. The predicted octanol–water partition coefficient (Wildman–Crippen LogP) is 1.49. The van der Waals surface area contributed by atoms with Crippen LogP contribution in [0.3, 0.4) is 0 Å². The van der Waals surface area contributed by atoms with Gasteiger partial charge in [-0.2, -0.15) is 5.10 Å². The lowest BCUT2D eigenvalue weighted by Crippen LogP contribution is -2.47. The fraction of sp³-hybridized carbons (Fsp3) is 0.182. The number of benzene rings is 2. The van der Waals surface area contributed by atoms with Gasteiger partial charge in [0.2, 0.25) is 5.78 Å². The molecule has 8 nitrogen and oxygen atoms in total. The minimum Gasteiger partial charge on any atom is -0.496 e. The Bertz CT molecular complexity index is 1080. The van der Waals surface area contributed by atoms with Crippen LogP contribution in [0, 0.1) is 0 Å². The van der Waals surface area contributed by atoms with Crippen LogP contribution in [0.25, 0.3) is 11.3 Å². The van der Waals surface area contributed by atoms with E-state index in [0.29, 0.717) is 17.0 Å². The molecule has 2 aromatic carbocycles. The Hall–Kier alpha value is -3.94. The summed E-state index contributed by atoms with van der Waals surface area (Å²) in [7, 11) is 3.22. The first kappa shape index (κ1) is 20.8. The predicted molar refractivity (Wildman–Crippen MR) is 111 cm³/mol. The fourth-order valence-electron chi connectivity index (χ4n) is 3.16. The normalized spacial score (nSPS) is 11.5. The van der Waals surface area contributed by atoms with Crippen molar-refractivity contribution >= 4 is 17.6 Å². The van der Waals surface area contributed by atoms with Crippen molar-refractivity contribution in [1.29, 1.82) is 0 Å². The third-order valence-corrected chi connectivity index (χ3v) is 4.58.